The Labute approximate surface area is 93.2 Å². The molecule has 0 saturated carbocycles. The molecule has 0 rings (SSSR count). The van der Waals surface area contributed by atoms with Crippen molar-refractivity contribution in [1.82, 2.24) is 0 Å². The van der Waals surface area contributed by atoms with E-state index >= 15 is 0 Å². The largest absolute Gasteiger partial charge is 0.364 e. The summed E-state index contributed by atoms with van der Waals surface area (Å²) < 4.78 is 27.5. The lowest BCUT2D eigenvalue weighted by atomic mass is 10.1. The van der Waals surface area contributed by atoms with Gasteiger partial charge in [0.1, 0.15) is 0 Å². The van der Waals surface area contributed by atoms with Crippen molar-refractivity contribution in [2.24, 2.45) is 0 Å². The highest BCUT2D eigenvalue weighted by molar-refractivity contribution is 7.52. The van der Waals surface area contributed by atoms with E-state index in [9.17, 15) is 8.76 Å². The molecule has 2 nitrogen and oxygen atoms in total. The van der Waals surface area contributed by atoms with Crippen LogP contribution in [0.2, 0.25) is 0 Å². The highest BCUT2D eigenvalue weighted by Crippen LogP contribution is 2.43. The zero-order valence-corrected chi connectivity index (χ0v) is 10.9. The molecule has 15 heavy (non-hydrogen) atoms. The highest BCUT2D eigenvalue weighted by atomic mass is 31.2. The fourth-order valence-electron chi connectivity index (χ4n) is 1.46. The van der Waals surface area contributed by atoms with Crippen LogP contribution in [0.5, 0.6) is 0 Å². The maximum Gasteiger partial charge on any atom is 0.364 e. The van der Waals surface area contributed by atoms with Gasteiger partial charge in [-0.05, 0) is 6.42 Å². The van der Waals surface area contributed by atoms with E-state index < -0.39 is 7.68 Å². The molecule has 1 unspecified atom stereocenters. The van der Waals surface area contributed by atoms with Crippen LogP contribution in [0.1, 0.15) is 58.3 Å². The Balaban J connectivity index is 3.02. The van der Waals surface area contributed by atoms with Crippen molar-refractivity contribution in [3.63, 3.8) is 0 Å². The maximum absolute atomic E-state index is 12.4. The fraction of sp³-hybridized carbons (Fsp3) is 1.00. The molecular formula is C11H24FO2P. The quantitative estimate of drug-likeness (QED) is 0.398. The number of unbranched alkanes of at least 4 members (excludes halogenated alkanes) is 7. The first-order chi connectivity index (χ1) is 7.06. The van der Waals surface area contributed by atoms with Crippen LogP contribution in [0, 0.1) is 0 Å². The van der Waals surface area contributed by atoms with Gasteiger partial charge in [0, 0.05) is 6.66 Å². The van der Waals surface area contributed by atoms with Gasteiger partial charge in [-0.2, -0.15) is 4.20 Å². The molecule has 0 heterocycles. The normalized spacial score (nSPS) is 15.1. The summed E-state index contributed by atoms with van der Waals surface area (Å²) in [5.74, 6) is 0. The Bertz CT molecular complexity index is 179. The van der Waals surface area contributed by atoms with E-state index in [1.54, 1.807) is 0 Å². The van der Waals surface area contributed by atoms with Gasteiger partial charge in [0.05, 0.1) is 6.61 Å². The van der Waals surface area contributed by atoms with Crippen LogP contribution in [0.3, 0.4) is 0 Å². The number of rotatable bonds is 10. The zero-order chi connectivity index (χ0) is 11.6. The Morgan fingerprint density at radius 3 is 1.93 bits per heavy atom. The summed E-state index contributed by atoms with van der Waals surface area (Å²) >= 11 is 0. The first-order valence-corrected chi connectivity index (χ1v) is 7.94. The maximum atomic E-state index is 12.4. The minimum atomic E-state index is -3.74. The molecule has 0 saturated heterocycles. The van der Waals surface area contributed by atoms with Crippen LogP contribution >= 0.6 is 7.68 Å². The van der Waals surface area contributed by atoms with Gasteiger partial charge in [0.15, 0.2) is 0 Å². The lowest BCUT2D eigenvalue weighted by Gasteiger charge is -2.04. The SMILES string of the molecule is CCCCCCCCCCOP(C)(=O)F. The summed E-state index contributed by atoms with van der Waals surface area (Å²) in [5.41, 5.74) is 0. The average molecular weight is 238 g/mol. The minimum absolute atomic E-state index is 0.291. The van der Waals surface area contributed by atoms with Crippen LogP contribution in [-0.2, 0) is 9.09 Å². The highest BCUT2D eigenvalue weighted by Gasteiger charge is 2.11. The number of halogens is 1. The molecular weight excluding hydrogens is 214 g/mol. The van der Waals surface area contributed by atoms with Gasteiger partial charge < -0.3 is 4.52 Å². The third kappa shape index (κ3) is 14.1. The third-order valence-corrected chi connectivity index (χ3v) is 2.96. The second-order valence-electron chi connectivity index (χ2n) is 4.05. The molecule has 4 heteroatoms. The van der Waals surface area contributed by atoms with Crippen molar-refractivity contribution in [3.05, 3.63) is 0 Å². The van der Waals surface area contributed by atoms with Gasteiger partial charge in [-0.25, -0.2) is 0 Å². The number of hydrogen-bond acceptors (Lipinski definition) is 2. The van der Waals surface area contributed by atoms with Crippen molar-refractivity contribution in [2.45, 2.75) is 58.3 Å². The van der Waals surface area contributed by atoms with Crippen molar-refractivity contribution in [1.29, 1.82) is 0 Å². The van der Waals surface area contributed by atoms with Crippen molar-refractivity contribution >= 4 is 7.68 Å². The summed E-state index contributed by atoms with van der Waals surface area (Å²) in [7, 11) is -3.74. The molecule has 1 atom stereocenters. The predicted molar refractivity (Wildman–Crippen MR) is 63.2 cm³/mol. The zero-order valence-electron chi connectivity index (χ0n) is 10.0. The third-order valence-electron chi connectivity index (χ3n) is 2.32. The molecule has 0 aromatic heterocycles. The fourth-order valence-corrected chi connectivity index (χ4v) is 1.92. The van der Waals surface area contributed by atoms with Gasteiger partial charge in [0.2, 0.25) is 0 Å². The Morgan fingerprint density at radius 1 is 1.00 bits per heavy atom. The summed E-state index contributed by atoms with van der Waals surface area (Å²) in [6.07, 6.45) is 9.50. The van der Waals surface area contributed by atoms with E-state index in [0.717, 1.165) is 19.5 Å². The van der Waals surface area contributed by atoms with Crippen LogP contribution in [0.4, 0.5) is 4.20 Å². The van der Waals surface area contributed by atoms with E-state index in [4.69, 9.17) is 0 Å². The molecule has 0 bridgehead atoms. The van der Waals surface area contributed by atoms with Gasteiger partial charge in [-0.3, -0.25) is 4.57 Å². The first kappa shape index (κ1) is 15.1. The van der Waals surface area contributed by atoms with Gasteiger partial charge in [-0.15, -0.1) is 0 Å². The van der Waals surface area contributed by atoms with Crippen LogP contribution < -0.4 is 0 Å². The van der Waals surface area contributed by atoms with Gasteiger partial charge in [-0.1, -0.05) is 51.9 Å². The van der Waals surface area contributed by atoms with Crippen LogP contribution in [-0.4, -0.2) is 13.3 Å². The van der Waals surface area contributed by atoms with E-state index in [1.165, 1.54) is 38.5 Å². The van der Waals surface area contributed by atoms with Crippen LogP contribution in [0.15, 0.2) is 0 Å². The molecule has 0 aromatic carbocycles. The molecule has 0 spiro atoms. The predicted octanol–water partition coefficient (Wildman–Crippen LogP) is 4.94. The van der Waals surface area contributed by atoms with Crippen molar-refractivity contribution < 1.29 is 13.3 Å². The smallest absolute Gasteiger partial charge is 0.306 e. The molecule has 0 aliphatic heterocycles. The lowest BCUT2D eigenvalue weighted by molar-refractivity contribution is 0.281. The van der Waals surface area contributed by atoms with E-state index in [0.29, 0.717) is 6.61 Å². The molecule has 0 aromatic rings. The average Bonchev–Trinajstić information content (AvgIpc) is 2.14. The van der Waals surface area contributed by atoms with E-state index in [-0.39, 0.29) is 0 Å². The monoisotopic (exact) mass is 238 g/mol. The Kier molecular flexibility index (Phi) is 9.43. The summed E-state index contributed by atoms with van der Waals surface area (Å²) in [4.78, 5) is 0. The van der Waals surface area contributed by atoms with Gasteiger partial charge >= 0.3 is 7.68 Å². The molecule has 0 fully saturated rings. The standard InChI is InChI=1S/C11H24FO2P/c1-3-4-5-6-7-8-9-10-11-14-15(2,12)13/h3-11H2,1-2H3. The second kappa shape index (κ2) is 9.35. The summed E-state index contributed by atoms with van der Waals surface area (Å²) in [6.45, 7) is 3.51. The minimum Gasteiger partial charge on any atom is -0.306 e. The summed E-state index contributed by atoms with van der Waals surface area (Å²) in [5, 5.41) is 0. The first-order valence-electron chi connectivity index (χ1n) is 5.98. The van der Waals surface area contributed by atoms with E-state index in [1.807, 2.05) is 0 Å². The van der Waals surface area contributed by atoms with Crippen molar-refractivity contribution in [2.75, 3.05) is 13.3 Å². The number of hydrogen-bond donors (Lipinski definition) is 0. The Hall–Kier alpha value is 0.120. The van der Waals surface area contributed by atoms with Gasteiger partial charge in [0.25, 0.3) is 0 Å². The molecule has 92 valence electrons. The molecule has 0 N–H and O–H groups in total. The molecule has 0 radical (unpaired) electrons. The molecule has 0 aliphatic carbocycles. The van der Waals surface area contributed by atoms with E-state index in [2.05, 4.69) is 11.4 Å². The van der Waals surface area contributed by atoms with Crippen molar-refractivity contribution in [3.8, 4) is 0 Å². The topological polar surface area (TPSA) is 26.3 Å². The molecule has 0 aliphatic rings. The van der Waals surface area contributed by atoms with Crippen LogP contribution in [0.25, 0.3) is 0 Å². The molecule has 0 amide bonds. The Morgan fingerprint density at radius 2 is 1.47 bits per heavy atom. The lowest BCUT2D eigenvalue weighted by Crippen LogP contribution is -1.89. The second-order valence-corrected chi connectivity index (χ2v) is 5.81. The summed E-state index contributed by atoms with van der Waals surface area (Å²) in [6, 6.07) is 0.